The van der Waals surface area contributed by atoms with Crippen LogP contribution in [0.1, 0.15) is 26.5 Å². The summed E-state index contributed by atoms with van der Waals surface area (Å²) in [5.74, 6) is 0. The molecule has 1 aromatic heterocycles. The van der Waals surface area contributed by atoms with E-state index in [4.69, 9.17) is 0 Å². The summed E-state index contributed by atoms with van der Waals surface area (Å²) in [5, 5.41) is 7.93. The molecule has 0 aliphatic rings. The van der Waals surface area contributed by atoms with E-state index in [2.05, 4.69) is 15.1 Å². The zero-order valence-electron chi connectivity index (χ0n) is 12.0. The molecule has 0 radical (unpaired) electrons. The number of aromatic nitrogens is 2. The van der Waals surface area contributed by atoms with Crippen LogP contribution in [-0.2, 0) is 11.4 Å². The quantitative estimate of drug-likeness (QED) is 0.601. The molecule has 0 spiro atoms. The highest BCUT2D eigenvalue weighted by Crippen LogP contribution is 1.97. The lowest BCUT2D eigenvalue weighted by molar-refractivity contribution is 0.212. The summed E-state index contributed by atoms with van der Waals surface area (Å²) in [6.45, 7) is 7.90. The van der Waals surface area contributed by atoms with E-state index in [-0.39, 0.29) is 5.69 Å². The van der Waals surface area contributed by atoms with Gasteiger partial charge >= 0.3 is 5.69 Å². The van der Waals surface area contributed by atoms with Gasteiger partial charge in [0.2, 0.25) is 0 Å². The second-order valence-corrected chi connectivity index (χ2v) is 4.27. The number of hydrogen-bond acceptors (Lipinski definition) is 4. The van der Waals surface area contributed by atoms with Gasteiger partial charge in [0.1, 0.15) is 7.11 Å². The molecule has 1 heterocycles. The molecule has 0 fully saturated rings. The van der Waals surface area contributed by atoms with E-state index in [1.807, 2.05) is 26.8 Å². The second-order valence-electron chi connectivity index (χ2n) is 4.27. The number of aryl methyl sites for hydroxylation is 1. The third kappa shape index (κ3) is 3.94. The number of imidazole rings is 1. The van der Waals surface area contributed by atoms with Gasteiger partial charge in [-0.25, -0.2) is 4.79 Å². The molecule has 0 unspecified atom stereocenters. The van der Waals surface area contributed by atoms with Crippen LogP contribution in [-0.4, -0.2) is 28.3 Å². The maximum Gasteiger partial charge on any atom is 0.349 e. The normalized spacial score (nSPS) is 13.3. The molecule has 0 aromatic carbocycles. The van der Waals surface area contributed by atoms with Crippen LogP contribution in [0.15, 0.2) is 32.9 Å². The molecule has 6 heteroatoms. The first-order chi connectivity index (χ1) is 8.99. The zero-order chi connectivity index (χ0) is 14.4. The first kappa shape index (κ1) is 14.9. The Morgan fingerprint density at radius 2 is 2.16 bits per heavy atom. The van der Waals surface area contributed by atoms with Crippen molar-refractivity contribution < 1.29 is 4.84 Å². The van der Waals surface area contributed by atoms with Crippen molar-refractivity contribution in [2.75, 3.05) is 7.11 Å². The highest BCUT2D eigenvalue weighted by molar-refractivity contribution is 5.81. The maximum absolute atomic E-state index is 12.1. The molecule has 0 bridgehead atoms. The molecular formula is C13H20N4O2. The van der Waals surface area contributed by atoms with Gasteiger partial charge in [-0.15, -0.1) is 0 Å². The Morgan fingerprint density at radius 1 is 1.47 bits per heavy atom. The summed E-state index contributed by atoms with van der Waals surface area (Å²) < 4.78 is 2.92. The van der Waals surface area contributed by atoms with Crippen LogP contribution in [0.2, 0.25) is 0 Å². The molecule has 0 atom stereocenters. The summed E-state index contributed by atoms with van der Waals surface area (Å²) in [7, 11) is 1.48. The molecule has 0 aliphatic heterocycles. The van der Waals surface area contributed by atoms with E-state index in [1.54, 1.807) is 23.9 Å². The van der Waals surface area contributed by atoms with Crippen LogP contribution >= 0.6 is 0 Å². The minimum atomic E-state index is -0.191. The highest BCUT2D eigenvalue weighted by Gasteiger charge is 2.08. The Bertz CT molecular complexity index is 576. The molecule has 1 aromatic rings. The van der Waals surface area contributed by atoms with Gasteiger partial charge in [0.05, 0.1) is 24.7 Å². The topological polar surface area (TPSA) is 60.9 Å². The lowest BCUT2D eigenvalue weighted by Gasteiger charge is -2.02. The van der Waals surface area contributed by atoms with Crippen molar-refractivity contribution >= 4 is 11.9 Å². The van der Waals surface area contributed by atoms with Gasteiger partial charge in [0.25, 0.3) is 0 Å². The number of hydrogen-bond donors (Lipinski definition) is 0. The smallest absolute Gasteiger partial charge is 0.349 e. The number of nitrogens with zero attached hydrogens (tertiary/aromatic N) is 4. The van der Waals surface area contributed by atoms with E-state index < -0.39 is 0 Å². The van der Waals surface area contributed by atoms with Crippen molar-refractivity contribution in [1.29, 1.82) is 0 Å². The third-order valence-electron chi connectivity index (χ3n) is 2.64. The van der Waals surface area contributed by atoms with Crippen LogP contribution in [0, 0.1) is 6.92 Å². The van der Waals surface area contributed by atoms with Crippen molar-refractivity contribution in [3.8, 4) is 0 Å². The minimum Gasteiger partial charge on any atom is -0.399 e. The van der Waals surface area contributed by atoms with Crippen LogP contribution in [0.5, 0.6) is 0 Å². The fourth-order valence-electron chi connectivity index (χ4n) is 1.49. The van der Waals surface area contributed by atoms with Gasteiger partial charge in [-0.05, 0) is 33.3 Å². The molecule has 0 amide bonds. The van der Waals surface area contributed by atoms with Crippen LogP contribution in [0.25, 0.3) is 0 Å². The van der Waals surface area contributed by atoms with Gasteiger partial charge in [-0.3, -0.25) is 4.57 Å². The maximum atomic E-state index is 12.1. The lowest BCUT2D eigenvalue weighted by atomic mass is 10.3. The van der Waals surface area contributed by atoms with Gasteiger partial charge < -0.3 is 4.84 Å². The third-order valence-corrected chi connectivity index (χ3v) is 2.64. The fourth-order valence-corrected chi connectivity index (χ4v) is 1.49. The lowest BCUT2D eigenvalue weighted by Crippen LogP contribution is -2.25. The summed E-state index contributed by atoms with van der Waals surface area (Å²) in [6.07, 6.45) is 5.27. The monoisotopic (exact) mass is 264 g/mol. The number of oxime groups is 1. The summed E-state index contributed by atoms with van der Waals surface area (Å²) in [5.41, 5.74) is 2.35. The predicted molar refractivity (Wildman–Crippen MR) is 76.9 cm³/mol. The Morgan fingerprint density at radius 3 is 2.74 bits per heavy atom. The molecular weight excluding hydrogens is 244 g/mol. The van der Waals surface area contributed by atoms with E-state index >= 15 is 0 Å². The number of rotatable bonds is 5. The summed E-state index contributed by atoms with van der Waals surface area (Å²) in [6, 6.07) is 0. The molecule has 0 saturated heterocycles. The summed E-state index contributed by atoms with van der Waals surface area (Å²) in [4.78, 5) is 16.8. The standard InChI is InChI=1S/C13H20N4O2/c1-6-10(2)7-14-17-9-12(4)16(13(17)18)8-11(3)15-19-5/h6-7,9H,8H2,1-5H3/b10-6+,14-7+,15-11+. The number of allylic oxidation sites excluding steroid dienone is 2. The zero-order valence-corrected chi connectivity index (χ0v) is 12.0. The molecule has 0 N–H and O–H groups in total. The van der Waals surface area contributed by atoms with Gasteiger partial charge in [-0.1, -0.05) is 11.2 Å². The Hall–Kier alpha value is -2.11. The molecule has 0 aliphatic carbocycles. The van der Waals surface area contributed by atoms with E-state index in [0.717, 1.165) is 17.0 Å². The average Bonchev–Trinajstić information content (AvgIpc) is 2.64. The first-order valence-electron chi connectivity index (χ1n) is 6.02. The van der Waals surface area contributed by atoms with Crippen molar-refractivity contribution in [3.63, 3.8) is 0 Å². The van der Waals surface area contributed by atoms with Crippen molar-refractivity contribution in [2.45, 2.75) is 34.2 Å². The van der Waals surface area contributed by atoms with Crippen LogP contribution in [0.3, 0.4) is 0 Å². The van der Waals surface area contributed by atoms with Crippen molar-refractivity contribution in [3.05, 3.63) is 34.0 Å². The molecule has 6 nitrogen and oxygen atoms in total. The average molecular weight is 264 g/mol. The Labute approximate surface area is 112 Å². The van der Waals surface area contributed by atoms with Gasteiger partial charge in [0.15, 0.2) is 0 Å². The molecule has 0 saturated carbocycles. The second kappa shape index (κ2) is 6.72. The largest absolute Gasteiger partial charge is 0.399 e. The SMILES string of the molecule is C/C=C(C)/C=N/n1cc(C)n(C/C(C)=N/OC)c1=O. The first-order valence-corrected chi connectivity index (χ1v) is 6.02. The fraction of sp³-hybridized carbons (Fsp3) is 0.462. The molecule has 1 rings (SSSR count). The van der Waals surface area contributed by atoms with E-state index in [0.29, 0.717) is 6.54 Å². The van der Waals surface area contributed by atoms with Crippen molar-refractivity contribution in [1.82, 2.24) is 9.24 Å². The summed E-state index contributed by atoms with van der Waals surface area (Å²) >= 11 is 0. The van der Waals surface area contributed by atoms with Crippen molar-refractivity contribution in [2.24, 2.45) is 10.3 Å². The molecule has 19 heavy (non-hydrogen) atoms. The van der Waals surface area contributed by atoms with Crippen LogP contribution < -0.4 is 5.69 Å². The van der Waals surface area contributed by atoms with Gasteiger partial charge in [0, 0.05) is 5.69 Å². The van der Waals surface area contributed by atoms with E-state index in [9.17, 15) is 4.79 Å². The minimum absolute atomic E-state index is 0.191. The van der Waals surface area contributed by atoms with Gasteiger partial charge in [-0.2, -0.15) is 9.78 Å². The molecule has 104 valence electrons. The van der Waals surface area contributed by atoms with Crippen LogP contribution in [0.4, 0.5) is 0 Å². The Kier molecular flexibility index (Phi) is 5.29. The van der Waals surface area contributed by atoms with E-state index in [1.165, 1.54) is 11.8 Å². The highest BCUT2D eigenvalue weighted by atomic mass is 16.6. The Balaban J connectivity index is 3.05. The predicted octanol–water partition coefficient (Wildman–Crippen LogP) is 1.78.